The fourth-order valence-electron chi connectivity index (χ4n) is 1.82. The lowest BCUT2D eigenvalue weighted by atomic mass is 10.3. The van der Waals surface area contributed by atoms with E-state index in [0.717, 1.165) is 17.0 Å². The maximum atomic E-state index is 12.4. The molecule has 0 aliphatic carbocycles. The molecular weight excluding hydrogens is 284 g/mol. The quantitative estimate of drug-likeness (QED) is 0.763. The van der Waals surface area contributed by atoms with Crippen LogP contribution in [0.4, 0.5) is 0 Å². The van der Waals surface area contributed by atoms with Crippen molar-refractivity contribution >= 4 is 21.4 Å². The van der Waals surface area contributed by atoms with E-state index in [2.05, 4.69) is 10.0 Å². The minimum Gasteiger partial charge on any atom is -0.383 e. The van der Waals surface area contributed by atoms with Crippen molar-refractivity contribution < 1.29 is 13.2 Å². The Kier molecular flexibility index (Phi) is 6.41. The maximum absolute atomic E-state index is 12.4. The molecular formula is C12H22N2O3S2. The summed E-state index contributed by atoms with van der Waals surface area (Å²) in [5.41, 5.74) is 0.787. The first-order chi connectivity index (χ1) is 8.92. The second-order valence-electron chi connectivity index (χ2n) is 4.43. The zero-order valence-corrected chi connectivity index (χ0v) is 13.5. The van der Waals surface area contributed by atoms with Crippen molar-refractivity contribution in [3.8, 4) is 0 Å². The van der Waals surface area contributed by atoms with Gasteiger partial charge in [-0.1, -0.05) is 6.92 Å². The van der Waals surface area contributed by atoms with E-state index in [1.165, 1.54) is 11.3 Å². The molecule has 0 aliphatic rings. The number of hydrogen-bond acceptors (Lipinski definition) is 5. The van der Waals surface area contributed by atoms with Gasteiger partial charge in [-0.15, -0.1) is 11.3 Å². The third-order valence-corrected chi connectivity index (χ3v) is 5.62. The molecule has 1 unspecified atom stereocenters. The molecule has 1 aromatic rings. The number of methoxy groups -OCH3 is 1. The predicted octanol–water partition coefficient (Wildman–Crippen LogP) is 1.48. The Morgan fingerprint density at radius 3 is 2.74 bits per heavy atom. The van der Waals surface area contributed by atoms with Gasteiger partial charge in [0.25, 0.3) is 0 Å². The van der Waals surface area contributed by atoms with Gasteiger partial charge < -0.3 is 10.1 Å². The van der Waals surface area contributed by atoms with Gasteiger partial charge in [0, 0.05) is 24.6 Å². The second kappa shape index (κ2) is 7.35. The fourth-order valence-corrected chi connectivity index (χ4v) is 4.83. The molecule has 110 valence electrons. The molecule has 1 heterocycles. The Hall–Kier alpha value is -0.470. The number of aryl methyl sites for hydroxylation is 1. The molecule has 0 amide bonds. The van der Waals surface area contributed by atoms with E-state index in [4.69, 9.17) is 4.74 Å². The van der Waals surface area contributed by atoms with Crippen LogP contribution in [-0.4, -0.2) is 34.7 Å². The average Bonchev–Trinajstić information content (AvgIpc) is 2.68. The van der Waals surface area contributed by atoms with Crippen LogP contribution in [0.3, 0.4) is 0 Å². The zero-order valence-electron chi connectivity index (χ0n) is 11.8. The summed E-state index contributed by atoms with van der Waals surface area (Å²) in [6, 6.07) is -0.249. The van der Waals surface area contributed by atoms with E-state index < -0.39 is 10.0 Å². The fraction of sp³-hybridized carbons (Fsp3) is 0.667. The molecule has 0 radical (unpaired) electrons. The average molecular weight is 306 g/mol. The van der Waals surface area contributed by atoms with Gasteiger partial charge in [-0.25, -0.2) is 13.1 Å². The number of rotatable bonds is 8. The lowest BCUT2D eigenvalue weighted by Crippen LogP contribution is -2.36. The Balaban J connectivity index is 2.96. The van der Waals surface area contributed by atoms with Crippen molar-refractivity contribution in [3.05, 3.63) is 15.8 Å². The van der Waals surface area contributed by atoms with Crippen LogP contribution in [0.5, 0.6) is 0 Å². The SMILES string of the molecule is CCNCc1scc(C)c1S(=O)(=O)NC(C)COC. The molecule has 19 heavy (non-hydrogen) atoms. The molecule has 1 rings (SSSR count). The summed E-state index contributed by atoms with van der Waals surface area (Å²) in [6.07, 6.45) is 0. The molecule has 0 aliphatic heterocycles. The van der Waals surface area contributed by atoms with Crippen LogP contribution in [0.15, 0.2) is 10.3 Å². The van der Waals surface area contributed by atoms with Crippen molar-refractivity contribution in [2.24, 2.45) is 0 Å². The Labute approximate surface area is 119 Å². The number of sulfonamides is 1. The summed E-state index contributed by atoms with van der Waals surface area (Å²) >= 11 is 1.47. The van der Waals surface area contributed by atoms with Crippen molar-refractivity contribution in [2.45, 2.75) is 38.3 Å². The van der Waals surface area contributed by atoms with Gasteiger partial charge >= 0.3 is 0 Å². The lowest BCUT2D eigenvalue weighted by Gasteiger charge is -2.14. The first kappa shape index (κ1) is 16.6. The molecule has 0 aromatic carbocycles. The molecule has 5 nitrogen and oxygen atoms in total. The number of nitrogens with one attached hydrogen (secondary N) is 2. The molecule has 0 spiro atoms. The highest BCUT2D eigenvalue weighted by Gasteiger charge is 2.24. The van der Waals surface area contributed by atoms with Gasteiger partial charge in [0.15, 0.2) is 0 Å². The third kappa shape index (κ3) is 4.54. The summed E-state index contributed by atoms with van der Waals surface area (Å²) < 4.78 is 32.4. The predicted molar refractivity (Wildman–Crippen MR) is 78.1 cm³/mol. The monoisotopic (exact) mass is 306 g/mol. The first-order valence-corrected chi connectivity index (χ1v) is 8.57. The highest BCUT2D eigenvalue weighted by molar-refractivity contribution is 7.89. The molecule has 0 fully saturated rings. The zero-order chi connectivity index (χ0) is 14.5. The van der Waals surface area contributed by atoms with Gasteiger partial charge in [-0.3, -0.25) is 0 Å². The van der Waals surface area contributed by atoms with Gasteiger partial charge in [0.1, 0.15) is 4.90 Å². The van der Waals surface area contributed by atoms with Crippen LogP contribution in [0.25, 0.3) is 0 Å². The summed E-state index contributed by atoms with van der Waals surface area (Å²) in [4.78, 5) is 1.25. The second-order valence-corrected chi connectivity index (χ2v) is 7.04. The van der Waals surface area contributed by atoms with E-state index >= 15 is 0 Å². The van der Waals surface area contributed by atoms with Crippen LogP contribution in [-0.2, 0) is 21.3 Å². The third-order valence-electron chi connectivity index (χ3n) is 2.57. The normalized spacial score (nSPS) is 13.7. The molecule has 0 saturated heterocycles. The standard InChI is InChI=1S/C12H22N2O3S2/c1-5-13-6-11-12(9(2)8-18-11)19(15,16)14-10(3)7-17-4/h8,10,13-14H,5-7H2,1-4H3. The van der Waals surface area contributed by atoms with Gasteiger partial charge in [0.05, 0.1) is 6.61 Å². The van der Waals surface area contributed by atoms with Gasteiger partial charge in [0.2, 0.25) is 10.0 Å². The van der Waals surface area contributed by atoms with Crippen molar-refractivity contribution in [1.29, 1.82) is 0 Å². The molecule has 0 saturated carbocycles. The molecule has 0 bridgehead atoms. The van der Waals surface area contributed by atoms with Crippen LogP contribution < -0.4 is 10.0 Å². The van der Waals surface area contributed by atoms with E-state index in [1.54, 1.807) is 14.0 Å². The summed E-state index contributed by atoms with van der Waals surface area (Å²) in [5, 5.41) is 5.04. The molecule has 7 heteroatoms. The van der Waals surface area contributed by atoms with Crippen molar-refractivity contribution in [1.82, 2.24) is 10.0 Å². The first-order valence-electron chi connectivity index (χ1n) is 6.21. The van der Waals surface area contributed by atoms with Gasteiger partial charge in [-0.05, 0) is 31.3 Å². The maximum Gasteiger partial charge on any atom is 0.242 e. The largest absolute Gasteiger partial charge is 0.383 e. The van der Waals surface area contributed by atoms with E-state index in [1.807, 2.05) is 19.2 Å². The highest BCUT2D eigenvalue weighted by atomic mass is 32.2. The summed E-state index contributed by atoms with van der Waals surface area (Å²) in [7, 11) is -1.94. The molecule has 1 atom stereocenters. The van der Waals surface area contributed by atoms with Crippen LogP contribution in [0.2, 0.25) is 0 Å². The smallest absolute Gasteiger partial charge is 0.242 e. The van der Waals surface area contributed by atoms with Crippen molar-refractivity contribution in [3.63, 3.8) is 0 Å². The van der Waals surface area contributed by atoms with Crippen molar-refractivity contribution in [2.75, 3.05) is 20.3 Å². The summed E-state index contributed by atoms with van der Waals surface area (Å²) in [5.74, 6) is 0. The summed E-state index contributed by atoms with van der Waals surface area (Å²) in [6.45, 7) is 7.33. The molecule has 1 aromatic heterocycles. The van der Waals surface area contributed by atoms with E-state index in [0.29, 0.717) is 18.0 Å². The highest BCUT2D eigenvalue weighted by Crippen LogP contribution is 2.26. The topological polar surface area (TPSA) is 67.4 Å². The molecule has 2 N–H and O–H groups in total. The van der Waals surface area contributed by atoms with Gasteiger partial charge in [-0.2, -0.15) is 0 Å². The Morgan fingerprint density at radius 1 is 1.47 bits per heavy atom. The minimum atomic E-state index is -3.49. The van der Waals surface area contributed by atoms with E-state index in [-0.39, 0.29) is 6.04 Å². The number of ether oxygens (including phenoxy) is 1. The minimum absolute atomic E-state index is 0.249. The Morgan fingerprint density at radius 2 is 2.16 bits per heavy atom. The van der Waals surface area contributed by atoms with Crippen LogP contribution in [0.1, 0.15) is 24.3 Å². The van der Waals surface area contributed by atoms with Crippen LogP contribution in [0, 0.1) is 6.92 Å². The number of thiophene rings is 1. The number of hydrogen-bond donors (Lipinski definition) is 2. The van der Waals surface area contributed by atoms with Crippen LogP contribution >= 0.6 is 11.3 Å². The van der Waals surface area contributed by atoms with E-state index in [9.17, 15) is 8.42 Å². The Bertz CT molecular complexity index is 497. The lowest BCUT2D eigenvalue weighted by molar-refractivity contribution is 0.180.